The van der Waals surface area contributed by atoms with Gasteiger partial charge in [-0.2, -0.15) is 0 Å². The van der Waals surface area contributed by atoms with Gasteiger partial charge in [-0.3, -0.25) is 0 Å². The Kier molecular flexibility index (Phi) is 3.95. The molecule has 0 aliphatic rings. The zero-order valence-electron chi connectivity index (χ0n) is 10.4. The Morgan fingerprint density at radius 1 is 1.11 bits per heavy atom. The van der Waals surface area contributed by atoms with Crippen molar-refractivity contribution in [2.45, 2.75) is 13.0 Å². The van der Waals surface area contributed by atoms with E-state index in [1.54, 1.807) is 12.1 Å². The molecule has 0 aliphatic carbocycles. The quantitative estimate of drug-likeness (QED) is 0.866. The van der Waals surface area contributed by atoms with E-state index in [-0.39, 0.29) is 11.9 Å². The number of halogens is 1. The van der Waals surface area contributed by atoms with Crippen LogP contribution in [0, 0.1) is 12.7 Å². The second-order valence-corrected chi connectivity index (χ2v) is 4.30. The van der Waals surface area contributed by atoms with Gasteiger partial charge in [0.15, 0.2) is 0 Å². The zero-order chi connectivity index (χ0) is 13.0. The average Bonchev–Trinajstić information content (AvgIpc) is 2.39. The monoisotopic (exact) mass is 244 g/mol. The molecule has 0 spiro atoms. The molecule has 1 unspecified atom stereocenters. The summed E-state index contributed by atoms with van der Waals surface area (Å²) in [5.41, 5.74) is 9.05. The van der Waals surface area contributed by atoms with Gasteiger partial charge in [0, 0.05) is 12.2 Å². The number of aryl methyl sites for hydroxylation is 1. The van der Waals surface area contributed by atoms with Gasteiger partial charge in [-0.1, -0.05) is 24.3 Å². The second-order valence-electron chi connectivity index (χ2n) is 4.30. The minimum absolute atomic E-state index is 0.0386. The van der Waals surface area contributed by atoms with Crippen molar-refractivity contribution in [2.24, 2.45) is 5.73 Å². The third-order valence-electron chi connectivity index (χ3n) is 2.98. The van der Waals surface area contributed by atoms with Crippen LogP contribution in [0.5, 0.6) is 0 Å². The summed E-state index contributed by atoms with van der Waals surface area (Å²) < 4.78 is 12.8. The maximum Gasteiger partial charge on any atom is 0.123 e. The van der Waals surface area contributed by atoms with Crippen molar-refractivity contribution >= 4 is 5.69 Å². The highest BCUT2D eigenvalue weighted by molar-refractivity contribution is 5.46. The Morgan fingerprint density at radius 2 is 1.78 bits per heavy atom. The second kappa shape index (κ2) is 5.65. The van der Waals surface area contributed by atoms with Crippen LogP contribution >= 0.6 is 0 Å². The lowest BCUT2D eigenvalue weighted by molar-refractivity contribution is 0.628. The van der Waals surface area contributed by atoms with Crippen LogP contribution in [0.2, 0.25) is 0 Å². The van der Waals surface area contributed by atoms with Crippen LogP contribution in [0.15, 0.2) is 48.5 Å². The fourth-order valence-corrected chi connectivity index (χ4v) is 1.99. The van der Waals surface area contributed by atoms with Gasteiger partial charge in [0.2, 0.25) is 0 Å². The standard InChI is InChI=1S/C15H17FN2/c1-11-4-2-3-5-14(11)15(10-17)18-13-8-6-12(16)7-9-13/h2-9,15,18H,10,17H2,1H3. The van der Waals surface area contributed by atoms with Gasteiger partial charge in [0.25, 0.3) is 0 Å². The van der Waals surface area contributed by atoms with E-state index < -0.39 is 0 Å². The van der Waals surface area contributed by atoms with Crippen molar-refractivity contribution in [1.29, 1.82) is 0 Å². The van der Waals surface area contributed by atoms with E-state index in [0.29, 0.717) is 6.54 Å². The van der Waals surface area contributed by atoms with E-state index in [0.717, 1.165) is 5.69 Å². The lowest BCUT2D eigenvalue weighted by Gasteiger charge is -2.20. The lowest BCUT2D eigenvalue weighted by Crippen LogP contribution is -2.21. The van der Waals surface area contributed by atoms with Gasteiger partial charge in [-0.05, 0) is 42.3 Å². The smallest absolute Gasteiger partial charge is 0.123 e. The Morgan fingerprint density at radius 3 is 2.39 bits per heavy atom. The van der Waals surface area contributed by atoms with Crippen molar-refractivity contribution in [3.63, 3.8) is 0 Å². The van der Waals surface area contributed by atoms with Crippen molar-refractivity contribution < 1.29 is 4.39 Å². The van der Waals surface area contributed by atoms with E-state index >= 15 is 0 Å². The van der Waals surface area contributed by atoms with Gasteiger partial charge in [0.1, 0.15) is 5.82 Å². The van der Waals surface area contributed by atoms with Crippen molar-refractivity contribution in [2.75, 3.05) is 11.9 Å². The topological polar surface area (TPSA) is 38.0 Å². The SMILES string of the molecule is Cc1ccccc1C(CN)Nc1ccc(F)cc1. The number of benzene rings is 2. The highest BCUT2D eigenvalue weighted by Gasteiger charge is 2.11. The first kappa shape index (κ1) is 12.6. The van der Waals surface area contributed by atoms with Crippen molar-refractivity contribution in [3.05, 3.63) is 65.5 Å². The van der Waals surface area contributed by atoms with Crippen LogP contribution in [0.1, 0.15) is 17.2 Å². The fraction of sp³-hybridized carbons (Fsp3) is 0.200. The van der Waals surface area contributed by atoms with E-state index in [2.05, 4.69) is 24.4 Å². The summed E-state index contributed by atoms with van der Waals surface area (Å²) >= 11 is 0. The molecule has 0 aliphatic heterocycles. The molecule has 0 saturated heterocycles. The summed E-state index contributed by atoms with van der Waals surface area (Å²) in [6, 6.07) is 14.5. The minimum Gasteiger partial charge on any atom is -0.377 e. The van der Waals surface area contributed by atoms with E-state index in [1.165, 1.54) is 23.3 Å². The van der Waals surface area contributed by atoms with Crippen LogP contribution < -0.4 is 11.1 Å². The first-order valence-electron chi connectivity index (χ1n) is 5.98. The number of nitrogens with one attached hydrogen (secondary N) is 1. The van der Waals surface area contributed by atoms with Crippen LogP contribution in [0.3, 0.4) is 0 Å². The summed E-state index contributed by atoms with van der Waals surface area (Å²) in [5, 5.41) is 3.32. The van der Waals surface area contributed by atoms with E-state index in [9.17, 15) is 4.39 Å². The molecule has 2 aromatic rings. The van der Waals surface area contributed by atoms with Crippen LogP contribution in [0.25, 0.3) is 0 Å². The zero-order valence-corrected chi connectivity index (χ0v) is 10.4. The maximum absolute atomic E-state index is 12.8. The third-order valence-corrected chi connectivity index (χ3v) is 2.98. The van der Waals surface area contributed by atoms with Gasteiger partial charge in [0.05, 0.1) is 6.04 Å². The number of rotatable bonds is 4. The average molecular weight is 244 g/mol. The van der Waals surface area contributed by atoms with Crippen LogP contribution in [-0.4, -0.2) is 6.54 Å². The fourth-order valence-electron chi connectivity index (χ4n) is 1.99. The molecular formula is C15H17FN2. The molecule has 94 valence electrons. The molecule has 2 nitrogen and oxygen atoms in total. The predicted octanol–water partition coefficient (Wildman–Crippen LogP) is 3.25. The molecule has 0 radical (unpaired) electrons. The molecule has 0 aromatic heterocycles. The van der Waals surface area contributed by atoms with Gasteiger partial charge >= 0.3 is 0 Å². The minimum atomic E-state index is -0.235. The molecule has 0 heterocycles. The molecule has 0 bridgehead atoms. The third kappa shape index (κ3) is 2.87. The van der Waals surface area contributed by atoms with Crippen molar-refractivity contribution in [3.8, 4) is 0 Å². The molecule has 0 amide bonds. The summed E-state index contributed by atoms with van der Waals surface area (Å²) in [6.07, 6.45) is 0. The Bertz CT molecular complexity index is 508. The molecule has 0 fully saturated rings. The van der Waals surface area contributed by atoms with E-state index in [4.69, 9.17) is 5.73 Å². The van der Waals surface area contributed by atoms with Gasteiger partial charge in [-0.25, -0.2) is 4.39 Å². The molecule has 1 atom stereocenters. The number of hydrogen-bond donors (Lipinski definition) is 2. The predicted molar refractivity (Wildman–Crippen MR) is 73.0 cm³/mol. The molecule has 2 aromatic carbocycles. The van der Waals surface area contributed by atoms with Gasteiger partial charge in [-0.15, -0.1) is 0 Å². The summed E-state index contributed by atoms with van der Waals surface area (Å²) in [5.74, 6) is -0.235. The molecule has 3 heteroatoms. The number of nitrogens with two attached hydrogens (primary N) is 1. The number of anilines is 1. The van der Waals surface area contributed by atoms with E-state index in [1.807, 2.05) is 12.1 Å². The lowest BCUT2D eigenvalue weighted by atomic mass is 10.0. The molecule has 2 rings (SSSR count). The maximum atomic E-state index is 12.8. The largest absolute Gasteiger partial charge is 0.377 e. The normalized spacial score (nSPS) is 12.2. The van der Waals surface area contributed by atoms with Crippen molar-refractivity contribution in [1.82, 2.24) is 0 Å². The highest BCUT2D eigenvalue weighted by Crippen LogP contribution is 2.21. The summed E-state index contributed by atoms with van der Waals surface area (Å²) in [6.45, 7) is 2.55. The Balaban J connectivity index is 2.20. The molecule has 18 heavy (non-hydrogen) atoms. The molecule has 0 saturated carbocycles. The van der Waals surface area contributed by atoms with Crippen LogP contribution in [0.4, 0.5) is 10.1 Å². The summed E-state index contributed by atoms with van der Waals surface area (Å²) in [4.78, 5) is 0. The summed E-state index contributed by atoms with van der Waals surface area (Å²) in [7, 11) is 0. The molecule has 3 N–H and O–H groups in total. The highest BCUT2D eigenvalue weighted by atomic mass is 19.1. The molecular weight excluding hydrogens is 227 g/mol. The first-order valence-corrected chi connectivity index (χ1v) is 5.98. The first-order chi connectivity index (χ1) is 8.70. The van der Waals surface area contributed by atoms with Gasteiger partial charge < -0.3 is 11.1 Å². The Labute approximate surface area is 107 Å². The Hall–Kier alpha value is -1.87. The van der Waals surface area contributed by atoms with Crippen LogP contribution in [-0.2, 0) is 0 Å². The number of hydrogen-bond acceptors (Lipinski definition) is 2.